The predicted octanol–water partition coefficient (Wildman–Crippen LogP) is 2.99. The summed E-state index contributed by atoms with van der Waals surface area (Å²) in [6.07, 6.45) is 1.31. The molecule has 1 aromatic carbocycles. The van der Waals surface area contributed by atoms with Gasteiger partial charge in [-0.05, 0) is 32.0 Å². The molecule has 0 aliphatic rings. The largest absolute Gasteiger partial charge is 0.462 e. The predicted molar refractivity (Wildman–Crippen MR) is 93.2 cm³/mol. The zero-order chi connectivity index (χ0) is 18.0. The second kappa shape index (κ2) is 6.86. The topological polar surface area (TPSA) is 98.5 Å². The van der Waals surface area contributed by atoms with Gasteiger partial charge in [0, 0.05) is 5.39 Å². The fourth-order valence-electron chi connectivity index (χ4n) is 2.19. The number of anilines is 1. The number of thiazole rings is 1. The number of ether oxygens (including phenoxy) is 1. The molecule has 3 rings (SSSR count). The number of hydrogen-bond acceptors (Lipinski definition) is 7. The van der Waals surface area contributed by atoms with Crippen molar-refractivity contribution in [2.45, 2.75) is 13.8 Å². The van der Waals surface area contributed by atoms with E-state index in [2.05, 4.69) is 10.3 Å². The van der Waals surface area contributed by atoms with E-state index in [-0.39, 0.29) is 22.2 Å². The van der Waals surface area contributed by atoms with E-state index in [9.17, 15) is 14.4 Å². The van der Waals surface area contributed by atoms with Gasteiger partial charge in [-0.2, -0.15) is 0 Å². The van der Waals surface area contributed by atoms with Crippen LogP contribution in [0, 0.1) is 6.92 Å². The molecule has 25 heavy (non-hydrogen) atoms. The highest BCUT2D eigenvalue weighted by Gasteiger charge is 2.17. The highest BCUT2D eigenvalue weighted by molar-refractivity contribution is 7.17. The Hall–Kier alpha value is -3.00. The molecule has 0 unspecified atom stereocenters. The van der Waals surface area contributed by atoms with Crippen molar-refractivity contribution >= 4 is 39.3 Å². The number of carbonyl (C=O) groups excluding carboxylic acids is 2. The Morgan fingerprint density at radius 3 is 2.88 bits per heavy atom. The summed E-state index contributed by atoms with van der Waals surface area (Å²) < 4.78 is 10.0. The van der Waals surface area contributed by atoms with Crippen LogP contribution in [0.4, 0.5) is 5.13 Å². The van der Waals surface area contributed by atoms with Crippen LogP contribution in [0.1, 0.15) is 32.5 Å². The minimum absolute atomic E-state index is 0.133. The number of aromatic nitrogens is 1. The summed E-state index contributed by atoms with van der Waals surface area (Å²) in [5.41, 5.74) is 0.514. The quantitative estimate of drug-likeness (QED) is 0.569. The van der Waals surface area contributed by atoms with E-state index in [0.29, 0.717) is 11.0 Å². The lowest BCUT2D eigenvalue weighted by Crippen LogP contribution is -2.20. The van der Waals surface area contributed by atoms with Crippen LogP contribution in [0.25, 0.3) is 11.0 Å². The Bertz CT molecular complexity index is 1020. The van der Waals surface area contributed by atoms with Crippen LogP contribution in [0.2, 0.25) is 0 Å². The van der Waals surface area contributed by atoms with Crippen molar-refractivity contribution in [1.29, 1.82) is 0 Å². The Morgan fingerprint density at radius 1 is 1.32 bits per heavy atom. The summed E-state index contributed by atoms with van der Waals surface area (Å²) in [5, 5.41) is 3.34. The fraction of sp³-hybridized carbons (Fsp3) is 0.176. The van der Waals surface area contributed by atoms with Crippen molar-refractivity contribution in [3.63, 3.8) is 0 Å². The molecule has 128 valence electrons. The first-order chi connectivity index (χ1) is 12.0. The van der Waals surface area contributed by atoms with Gasteiger partial charge in [-0.15, -0.1) is 0 Å². The Labute approximate surface area is 146 Å². The van der Waals surface area contributed by atoms with Gasteiger partial charge in [0.05, 0.1) is 12.8 Å². The summed E-state index contributed by atoms with van der Waals surface area (Å²) in [7, 11) is 0. The number of nitrogens with zero attached hydrogens (tertiary/aromatic N) is 1. The molecule has 0 fully saturated rings. The summed E-state index contributed by atoms with van der Waals surface area (Å²) in [6.45, 7) is 3.84. The number of amides is 1. The molecule has 8 heteroatoms. The number of carbonyl (C=O) groups is 2. The zero-order valence-corrected chi connectivity index (χ0v) is 14.3. The number of hydrogen-bond donors (Lipinski definition) is 1. The van der Waals surface area contributed by atoms with Crippen molar-refractivity contribution in [2.24, 2.45) is 0 Å². The van der Waals surface area contributed by atoms with Crippen LogP contribution in [-0.2, 0) is 4.74 Å². The van der Waals surface area contributed by atoms with Gasteiger partial charge in [-0.1, -0.05) is 23.0 Å². The van der Waals surface area contributed by atoms with Gasteiger partial charge in [0.1, 0.15) is 16.0 Å². The average molecular weight is 358 g/mol. The van der Waals surface area contributed by atoms with Crippen molar-refractivity contribution in [2.75, 3.05) is 11.9 Å². The second-order valence-corrected chi connectivity index (χ2v) is 6.22. The molecule has 0 saturated heterocycles. The molecular formula is C17H14N2O5S. The molecule has 0 spiro atoms. The third kappa shape index (κ3) is 3.58. The summed E-state index contributed by atoms with van der Waals surface area (Å²) >= 11 is 0.966. The van der Waals surface area contributed by atoms with Crippen molar-refractivity contribution in [1.82, 2.24) is 4.98 Å². The van der Waals surface area contributed by atoms with Crippen LogP contribution >= 0.6 is 11.3 Å². The molecule has 1 amide bonds. The van der Waals surface area contributed by atoms with E-state index in [4.69, 9.17) is 9.15 Å². The SMILES string of the molecule is CCOC(=O)c1cnc(NC(=O)c2cc3cc(C)ccc3oc2=O)s1. The molecule has 3 aromatic rings. The Morgan fingerprint density at radius 2 is 2.12 bits per heavy atom. The summed E-state index contributed by atoms with van der Waals surface area (Å²) in [4.78, 5) is 40.2. The third-order valence-electron chi connectivity index (χ3n) is 3.34. The molecule has 2 aromatic heterocycles. The Balaban J connectivity index is 1.86. The van der Waals surface area contributed by atoms with Gasteiger partial charge in [-0.25, -0.2) is 14.6 Å². The van der Waals surface area contributed by atoms with E-state index < -0.39 is 17.5 Å². The second-order valence-electron chi connectivity index (χ2n) is 5.19. The van der Waals surface area contributed by atoms with Gasteiger partial charge < -0.3 is 9.15 Å². The molecule has 7 nitrogen and oxygen atoms in total. The normalized spacial score (nSPS) is 10.6. The molecule has 0 bridgehead atoms. The monoisotopic (exact) mass is 358 g/mol. The highest BCUT2D eigenvalue weighted by atomic mass is 32.1. The van der Waals surface area contributed by atoms with Crippen LogP contribution in [0.3, 0.4) is 0 Å². The molecule has 0 aliphatic carbocycles. The maximum atomic E-state index is 12.3. The lowest BCUT2D eigenvalue weighted by Gasteiger charge is -2.03. The smallest absolute Gasteiger partial charge is 0.350 e. The molecule has 1 N–H and O–H groups in total. The fourth-order valence-corrected chi connectivity index (χ4v) is 2.90. The summed E-state index contributed by atoms with van der Waals surface area (Å²) in [5.74, 6) is -1.16. The van der Waals surface area contributed by atoms with Crippen LogP contribution < -0.4 is 10.9 Å². The van der Waals surface area contributed by atoms with Gasteiger partial charge >= 0.3 is 11.6 Å². The molecule has 0 aliphatic heterocycles. The van der Waals surface area contributed by atoms with E-state index in [1.165, 1.54) is 12.3 Å². The minimum Gasteiger partial charge on any atom is -0.462 e. The van der Waals surface area contributed by atoms with Gasteiger partial charge in [-0.3, -0.25) is 10.1 Å². The third-order valence-corrected chi connectivity index (χ3v) is 4.23. The standard InChI is InChI=1S/C17H14N2O5S/c1-3-23-16(22)13-8-18-17(25-13)19-14(20)11-7-10-6-9(2)4-5-12(10)24-15(11)21/h4-8H,3H2,1-2H3,(H,18,19,20). The first-order valence-corrected chi connectivity index (χ1v) is 8.28. The highest BCUT2D eigenvalue weighted by Crippen LogP contribution is 2.20. The number of aryl methyl sites for hydroxylation is 1. The minimum atomic E-state index is -0.740. The lowest BCUT2D eigenvalue weighted by molar-refractivity contribution is 0.0531. The van der Waals surface area contributed by atoms with Crippen molar-refractivity contribution < 1.29 is 18.7 Å². The molecule has 0 atom stereocenters. The van der Waals surface area contributed by atoms with Gasteiger partial charge in [0.2, 0.25) is 0 Å². The summed E-state index contributed by atoms with van der Waals surface area (Å²) in [6, 6.07) is 6.79. The molecule has 0 saturated carbocycles. The number of esters is 1. The van der Waals surface area contributed by atoms with Crippen LogP contribution in [0.15, 0.2) is 39.7 Å². The van der Waals surface area contributed by atoms with E-state index in [1.807, 2.05) is 19.1 Å². The molecule has 0 radical (unpaired) electrons. The zero-order valence-electron chi connectivity index (χ0n) is 13.5. The van der Waals surface area contributed by atoms with Crippen molar-refractivity contribution in [3.05, 3.63) is 56.9 Å². The number of rotatable bonds is 4. The van der Waals surface area contributed by atoms with Crippen LogP contribution in [0.5, 0.6) is 0 Å². The first kappa shape index (κ1) is 16.8. The maximum Gasteiger partial charge on any atom is 0.350 e. The maximum absolute atomic E-state index is 12.3. The molecule has 2 heterocycles. The molecular weight excluding hydrogens is 344 g/mol. The number of nitrogens with one attached hydrogen (secondary N) is 1. The average Bonchev–Trinajstić information content (AvgIpc) is 3.03. The van der Waals surface area contributed by atoms with Crippen LogP contribution in [-0.4, -0.2) is 23.5 Å². The van der Waals surface area contributed by atoms with E-state index in [1.54, 1.807) is 13.0 Å². The Kier molecular flexibility index (Phi) is 4.62. The van der Waals surface area contributed by atoms with E-state index >= 15 is 0 Å². The van der Waals surface area contributed by atoms with E-state index in [0.717, 1.165) is 16.9 Å². The van der Waals surface area contributed by atoms with Gasteiger partial charge in [0.15, 0.2) is 5.13 Å². The van der Waals surface area contributed by atoms with Crippen molar-refractivity contribution in [3.8, 4) is 0 Å². The number of fused-ring (bicyclic) bond motifs is 1. The lowest BCUT2D eigenvalue weighted by atomic mass is 10.1. The number of benzene rings is 1. The first-order valence-electron chi connectivity index (χ1n) is 7.46. The van der Waals surface area contributed by atoms with Gasteiger partial charge in [0.25, 0.3) is 5.91 Å².